The average Bonchev–Trinajstić information content (AvgIpc) is 3.30. The number of para-hydroxylation sites is 1. The second-order valence-corrected chi connectivity index (χ2v) is 13.0. The maximum absolute atomic E-state index is 13.6. The molecule has 2 aromatic heterocycles. The van der Waals surface area contributed by atoms with Crippen LogP contribution in [0.3, 0.4) is 0 Å². The molecule has 1 amide bonds. The molecule has 7 heteroatoms. The van der Waals surface area contributed by atoms with Crippen molar-refractivity contribution in [2.75, 3.05) is 32.7 Å². The van der Waals surface area contributed by atoms with E-state index in [1.165, 1.54) is 18.4 Å². The molecule has 1 fully saturated rings. The summed E-state index contributed by atoms with van der Waals surface area (Å²) in [6.07, 6.45) is 7.02. The molecule has 0 saturated carbocycles. The summed E-state index contributed by atoms with van der Waals surface area (Å²) in [5.41, 5.74) is 6.35. The van der Waals surface area contributed by atoms with Crippen LogP contribution in [0, 0.1) is 32.6 Å². The third kappa shape index (κ3) is 8.10. The van der Waals surface area contributed by atoms with Gasteiger partial charge in [-0.25, -0.2) is 0 Å². The largest absolute Gasteiger partial charge is 0.348 e. The van der Waals surface area contributed by atoms with Gasteiger partial charge in [0.2, 0.25) is 0 Å². The number of aryl methyl sites for hydroxylation is 2. The summed E-state index contributed by atoms with van der Waals surface area (Å²) in [6, 6.07) is 10.4. The van der Waals surface area contributed by atoms with Crippen LogP contribution in [0.2, 0.25) is 0 Å². The number of carbonyl (C=O) groups is 1. The Morgan fingerprint density at radius 1 is 1.09 bits per heavy atom. The highest BCUT2D eigenvalue weighted by atomic mass is 16.2. The Hall–Kier alpha value is -3.16. The van der Waals surface area contributed by atoms with Crippen molar-refractivity contribution in [3.05, 3.63) is 80.9 Å². The maximum Gasteiger partial charge on any atom is 0.254 e. The Morgan fingerprint density at radius 2 is 1.80 bits per heavy atom. The van der Waals surface area contributed by atoms with Crippen molar-refractivity contribution in [3.8, 4) is 0 Å². The first-order valence-corrected chi connectivity index (χ1v) is 16.8. The summed E-state index contributed by atoms with van der Waals surface area (Å²) >= 11 is 0. The quantitative estimate of drug-likeness (QED) is 0.132. The average molecular weight is 602 g/mol. The summed E-state index contributed by atoms with van der Waals surface area (Å²) < 4.78 is 2.38. The van der Waals surface area contributed by atoms with E-state index in [9.17, 15) is 9.59 Å². The van der Waals surface area contributed by atoms with E-state index in [0.29, 0.717) is 17.0 Å². The Morgan fingerprint density at radius 3 is 2.48 bits per heavy atom. The number of hydrogen-bond acceptors (Lipinski definition) is 4. The molecule has 1 saturated heterocycles. The summed E-state index contributed by atoms with van der Waals surface area (Å²) in [5.74, 6) is 1.20. The third-order valence-corrected chi connectivity index (χ3v) is 10.0. The van der Waals surface area contributed by atoms with E-state index in [0.717, 1.165) is 92.2 Å². The van der Waals surface area contributed by atoms with Crippen LogP contribution in [0.4, 0.5) is 0 Å². The minimum Gasteiger partial charge on any atom is -0.348 e. The summed E-state index contributed by atoms with van der Waals surface area (Å²) in [4.78, 5) is 31.6. The zero-order chi connectivity index (χ0) is 31.8. The van der Waals surface area contributed by atoms with Crippen LogP contribution in [0.25, 0.3) is 10.9 Å². The lowest BCUT2D eigenvalue weighted by Crippen LogP contribution is -2.40. The van der Waals surface area contributed by atoms with Crippen LogP contribution < -0.4 is 16.2 Å². The van der Waals surface area contributed by atoms with Crippen LogP contribution in [-0.4, -0.2) is 53.1 Å². The highest BCUT2D eigenvalue weighted by Gasteiger charge is 2.29. The van der Waals surface area contributed by atoms with E-state index in [1.54, 1.807) is 0 Å². The number of likely N-dealkylation sites (tertiary alicyclic amines) is 1. The number of aromatic nitrogens is 2. The molecule has 3 N–H and O–H groups in total. The van der Waals surface area contributed by atoms with Crippen molar-refractivity contribution >= 4 is 16.8 Å². The van der Waals surface area contributed by atoms with E-state index in [2.05, 4.69) is 71.5 Å². The van der Waals surface area contributed by atoms with Crippen LogP contribution in [0.1, 0.15) is 98.2 Å². The maximum atomic E-state index is 13.6. The molecule has 0 bridgehead atoms. The molecular formula is C37H55N5O2. The monoisotopic (exact) mass is 601 g/mol. The van der Waals surface area contributed by atoms with E-state index < -0.39 is 0 Å². The molecule has 0 spiro atoms. The molecule has 1 atom stereocenters. The number of piperidine rings is 1. The van der Waals surface area contributed by atoms with Gasteiger partial charge in [0.15, 0.2) is 0 Å². The van der Waals surface area contributed by atoms with Gasteiger partial charge in [-0.2, -0.15) is 0 Å². The van der Waals surface area contributed by atoms with Crippen molar-refractivity contribution in [2.24, 2.45) is 11.8 Å². The Bertz CT molecular complexity index is 1470. The lowest BCUT2D eigenvalue weighted by Gasteiger charge is -2.36. The lowest BCUT2D eigenvalue weighted by atomic mass is 9.90. The van der Waals surface area contributed by atoms with Gasteiger partial charge in [-0.3, -0.25) is 9.59 Å². The predicted octanol–water partition coefficient (Wildman–Crippen LogP) is 6.82. The smallest absolute Gasteiger partial charge is 0.254 e. The number of benzene rings is 1. The Labute approximate surface area is 264 Å². The zero-order valence-electron chi connectivity index (χ0n) is 28.0. The second-order valence-electron chi connectivity index (χ2n) is 13.0. The number of nitrogens with zero attached hydrogens (tertiary/aromatic N) is 2. The first kappa shape index (κ1) is 33.7. The van der Waals surface area contributed by atoms with Gasteiger partial charge in [-0.1, -0.05) is 57.0 Å². The Kier molecular flexibility index (Phi) is 12.0. The molecule has 4 rings (SSSR count). The number of carbonyl (C=O) groups excluding carboxylic acids is 1. The molecule has 44 heavy (non-hydrogen) atoms. The number of hydrogen-bond donors (Lipinski definition) is 3. The zero-order valence-corrected chi connectivity index (χ0v) is 28.0. The van der Waals surface area contributed by atoms with Gasteiger partial charge in [-0.05, 0) is 103 Å². The van der Waals surface area contributed by atoms with Gasteiger partial charge in [0, 0.05) is 53.5 Å². The van der Waals surface area contributed by atoms with Gasteiger partial charge in [0.1, 0.15) is 0 Å². The molecule has 1 aliphatic heterocycles. The number of fused-ring (bicyclic) bond motifs is 1. The van der Waals surface area contributed by atoms with Gasteiger partial charge in [-0.15, -0.1) is 0 Å². The van der Waals surface area contributed by atoms with Gasteiger partial charge in [0.25, 0.3) is 11.5 Å². The van der Waals surface area contributed by atoms with Gasteiger partial charge >= 0.3 is 0 Å². The van der Waals surface area contributed by atoms with Crippen LogP contribution in [-0.2, 0) is 6.54 Å². The highest BCUT2D eigenvalue weighted by Crippen LogP contribution is 2.35. The van der Waals surface area contributed by atoms with Crippen molar-refractivity contribution in [1.82, 2.24) is 25.1 Å². The van der Waals surface area contributed by atoms with Crippen molar-refractivity contribution < 1.29 is 4.79 Å². The normalized spacial score (nSPS) is 15.2. The number of aromatic amines is 1. The standard InChI is InChI=1S/C37H55N5O2/c1-8-30(9-2)22-25(3)14-17-38-18-21-41-19-15-31(16-20-41)28(6)42-29(7)35(32-12-10-11-13-34(32)42)37(44)39-24-33-26(4)23-27(5)40-36(33)43/h10-13,23,28,30-31,38H,3,8-9,14-22,24H2,1-2,4-7H3,(H,39,44)(H,40,43)/t28-/m1/s1. The first-order chi connectivity index (χ1) is 21.1. The van der Waals surface area contributed by atoms with Gasteiger partial charge in [0.05, 0.1) is 5.56 Å². The minimum absolute atomic E-state index is 0.134. The van der Waals surface area contributed by atoms with Gasteiger partial charge < -0.3 is 25.1 Å². The molecule has 0 radical (unpaired) electrons. The number of H-pyrrole nitrogens is 1. The number of amides is 1. The molecule has 0 unspecified atom stereocenters. The number of rotatable bonds is 15. The summed E-state index contributed by atoms with van der Waals surface area (Å²) in [7, 11) is 0. The number of pyridine rings is 1. The fourth-order valence-electron chi connectivity index (χ4n) is 7.15. The molecule has 1 aromatic carbocycles. The van der Waals surface area contributed by atoms with Crippen LogP contribution >= 0.6 is 0 Å². The lowest BCUT2D eigenvalue weighted by molar-refractivity contribution is 0.0951. The fourth-order valence-corrected chi connectivity index (χ4v) is 7.15. The molecule has 0 aliphatic carbocycles. The van der Waals surface area contributed by atoms with Crippen LogP contribution in [0.5, 0.6) is 0 Å². The topological polar surface area (TPSA) is 82.2 Å². The van der Waals surface area contributed by atoms with Crippen molar-refractivity contribution in [1.29, 1.82) is 0 Å². The molecule has 1 aliphatic rings. The summed E-state index contributed by atoms with van der Waals surface area (Å²) in [5, 5.41) is 7.65. The minimum atomic E-state index is -0.142. The highest BCUT2D eigenvalue weighted by molar-refractivity contribution is 6.08. The molecule has 3 heterocycles. The van der Waals surface area contributed by atoms with E-state index in [1.807, 2.05) is 32.0 Å². The SMILES string of the molecule is C=C(CCNCCN1CCC([C@@H](C)n2c(C)c(C(=O)NCc3c(C)cc(C)[nH]c3=O)c3ccccc32)CC1)CC(CC)CC. The van der Waals surface area contributed by atoms with E-state index >= 15 is 0 Å². The molecule has 3 aromatic rings. The summed E-state index contributed by atoms with van der Waals surface area (Å²) in [6.45, 7) is 22.6. The number of nitrogens with one attached hydrogen (secondary N) is 3. The fraction of sp³-hybridized carbons (Fsp3) is 0.568. The molecular weight excluding hydrogens is 546 g/mol. The first-order valence-electron chi connectivity index (χ1n) is 16.8. The van der Waals surface area contributed by atoms with Crippen LogP contribution in [0.15, 0.2) is 47.3 Å². The third-order valence-electron chi connectivity index (χ3n) is 10.0. The molecule has 7 nitrogen and oxygen atoms in total. The van der Waals surface area contributed by atoms with Crippen molar-refractivity contribution in [3.63, 3.8) is 0 Å². The molecule has 240 valence electrons. The van der Waals surface area contributed by atoms with E-state index in [-0.39, 0.29) is 24.1 Å². The second kappa shape index (κ2) is 15.7. The van der Waals surface area contributed by atoms with Crippen molar-refractivity contribution in [2.45, 2.75) is 92.7 Å². The van der Waals surface area contributed by atoms with E-state index in [4.69, 9.17) is 0 Å². The predicted molar refractivity (Wildman–Crippen MR) is 184 cm³/mol. The Balaban J connectivity index is 1.33.